The number of allylic oxidation sites excluding steroid dienone is 1. The van der Waals surface area contributed by atoms with Crippen LogP contribution in [0.25, 0.3) is 17.3 Å². The van der Waals surface area contributed by atoms with Crippen LogP contribution in [0.1, 0.15) is 17.4 Å². The molecule has 1 aromatic heterocycles. The molecule has 2 heterocycles. The summed E-state index contributed by atoms with van der Waals surface area (Å²) < 4.78 is 3.22. The third-order valence-electron chi connectivity index (χ3n) is 4.03. The van der Waals surface area contributed by atoms with Crippen LogP contribution in [-0.4, -0.2) is 15.4 Å². The van der Waals surface area contributed by atoms with E-state index < -0.39 is 0 Å². The fourth-order valence-corrected chi connectivity index (χ4v) is 4.55. The lowest BCUT2D eigenvalue weighted by atomic mass is 10.0. The van der Waals surface area contributed by atoms with Gasteiger partial charge in [0.25, 0.3) is 0 Å². The third-order valence-corrected chi connectivity index (χ3v) is 5.83. The van der Waals surface area contributed by atoms with Gasteiger partial charge in [-0.2, -0.15) is 0 Å². The van der Waals surface area contributed by atoms with Crippen LogP contribution in [0.4, 0.5) is 5.69 Å². The Balaban J connectivity index is 1.85. The van der Waals surface area contributed by atoms with Crippen molar-refractivity contribution >= 4 is 62.5 Å². The second-order valence-electron chi connectivity index (χ2n) is 5.64. The van der Waals surface area contributed by atoms with Crippen LogP contribution in [0.2, 0.25) is 0 Å². The minimum Gasteiger partial charge on any atom is -0.493 e. The van der Waals surface area contributed by atoms with Crippen LogP contribution in [0, 0.1) is 3.95 Å². The van der Waals surface area contributed by atoms with Gasteiger partial charge in [-0.25, -0.2) is 0 Å². The summed E-state index contributed by atoms with van der Waals surface area (Å²) in [6.45, 7) is 1.98. The molecule has 2 aromatic carbocycles. The minimum atomic E-state index is 0.151. The molecular formula is C19H13BrN2OS2. The van der Waals surface area contributed by atoms with Gasteiger partial charge in [0, 0.05) is 21.3 Å². The number of hydrogen-bond acceptors (Lipinski definition) is 4. The van der Waals surface area contributed by atoms with Crippen molar-refractivity contribution in [3.8, 4) is 11.6 Å². The summed E-state index contributed by atoms with van der Waals surface area (Å²) in [5.74, 6) is 0.151. The van der Waals surface area contributed by atoms with E-state index in [9.17, 15) is 5.11 Å². The van der Waals surface area contributed by atoms with Gasteiger partial charge in [-0.05, 0) is 49.5 Å². The highest BCUT2D eigenvalue weighted by atomic mass is 79.9. The van der Waals surface area contributed by atoms with Crippen LogP contribution >= 0.6 is 39.5 Å². The quantitative estimate of drug-likeness (QED) is 0.480. The number of aromatic nitrogens is 1. The average Bonchev–Trinajstić information content (AvgIpc) is 3.04. The minimum absolute atomic E-state index is 0.151. The van der Waals surface area contributed by atoms with Crippen molar-refractivity contribution in [3.63, 3.8) is 0 Å². The summed E-state index contributed by atoms with van der Waals surface area (Å²) in [6, 6.07) is 15.7. The molecule has 1 aliphatic heterocycles. The molecular weight excluding hydrogens is 416 g/mol. The number of hydrogen-bond donors (Lipinski definition) is 1. The molecule has 0 aliphatic carbocycles. The average molecular weight is 429 g/mol. The van der Waals surface area contributed by atoms with Gasteiger partial charge in [-0.3, -0.25) is 9.56 Å². The molecule has 0 saturated heterocycles. The molecule has 0 bridgehead atoms. The highest BCUT2D eigenvalue weighted by Gasteiger charge is 2.19. The molecule has 124 valence electrons. The van der Waals surface area contributed by atoms with Gasteiger partial charge < -0.3 is 5.11 Å². The van der Waals surface area contributed by atoms with Crippen LogP contribution in [0.5, 0.6) is 5.88 Å². The SMILES string of the molecule is CC1=Nc2ccccc2C1=Cc1sc(=S)n(-c2cccc(Br)c2)c1O. The molecule has 0 amide bonds. The fourth-order valence-electron chi connectivity index (χ4n) is 2.87. The number of thiazole rings is 1. The molecule has 0 fully saturated rings. The van der Waals surface area contributed by atoms with Crippen molar-refractivity contribution in [3.05, 3.63) is 67.4 Å². The normalized spacial score (nSPS) is 14.6. The number of fused-ring (bicyclic) bond motifs is 1. The van der Waals surface area contributed by atoms with Gasteiger partial charge in [0.05, 0.1) is 16.3 Å². The second-order valence-corrected chi connectivity index (χ2v) is 8.23. The topological polar surface area (TPSA) is 37.5 Å². The van der Waals surface area contributed by atoms with Gasteiger partial charge in [0.15, 0.2) is 3.95 Å². The van der Waals surface area contributed by atoms with Gasteiger partial charge in [-0.1, -0.05) is 40.2 Å². The highest BCUT2D eigenvalue weighted by Crippen LogP contribution is 2.39. The van der Waals surface area contributed by atoms with E-state index in [1.807, 2.05) is 61.5 Å². The Bertz CT molecular complexity index is 1110. The Morgan fingerprint density at radius 3 is 2.80 bits per heavy atom. The molecule has 3 nitrogen and oxygen atoms in total. The fraction of sp³-hybridized carbons (Fsp3) is 0.0526. The molecule has 0 radical (unpaired) electrons. The predicted molar refractivity (Wildman–Crippen MR) is 111 cm³/mol. The first-order valence-electron chi connectivity index (χ1n) is 7.62. The Kier molecular flexibility index (Phi) is 4.19. The van der Waals surface area contributed by atoms with Crippen molar-refractivity contribution < 1.29 is 5.11 Å². The molecule has 6 heteroatoms. The number of benzene rings is 2. The first-order valence-corrected chi connectivity index (χ1v) is 9.64. The molecule has 1 aliphatic rings. The van der Waals surface area contributed by atoms with E-state index in [2.05, 4.69) is 20.9 Å². The standard InChI is InChI=1S/C19H13BrN2OS2/c1-11-15(14-7-2-3-8-16(14)21-11)10-17-18(23)22(19(24)25-17)13-6-4-5-12(20)9-13/h2-10,23H,1H3. The molecule has 0 saturated carbocycles. The zero-order valence-electron chi connectivity index (χ0n) is 13.2. The lowest BCUT2D eigenvalue weighted by molar-refractivity contribution is 0.441. The van der Waals surface area contributed by atoms with Crippen LogP contribution < -0.4 is 0 Å². The molecule has 3 aromatic rings. The number of aliphatic imine (C=N–C) groups is 1. The van der Waals surface area contributed by atoms with Crippen molar-refractivity contribution in [2.75, 3.05) is 0 Å². The third kappa shape index (κ3) is 2.90. The number of para-hydroxylation sites is 1. The summed E-state index contributed by atoms with van der Waals surface area (Å²) in [4.78, 5) is 5.32. The molecule has 0 spiro atoms. The smallest absolute Gasteiger partial charge is 0.215 e. The predicted octanol–water partition coefficient (Wildman–Crippen LogP) is 6.38. The Hall–Kier alpha value is -2.02. The van der Waals surface area contributed by atoms with Gasteiger partial charge in [0.1, 0.15) is 0 Å². The maximum atomic E-state index is 10.8. The number of nitrogens with zero attached hydrogens (tertiary/aromatic N) is 2. The van der Waals surface area contributed by atoms with E-state index in [-0.39, 0.29) is 5.88 Å². The van der Waals surface area contributed by atoms with Crippen LogP contribution in [0.3, 0.4) is 0 Å². The van der Waals surface area contributed by atoms with E-state index >= 15 is 0 Å². The van der Waals surface area contributed by atoms with Crippen molar-refractivity contribution in [2.45, 2.75) is 6.92 Å². The first-order chi connectivity index (χ1) is 12.0. The van der Waals surface area contributed by atoms with E-state index in [0.29, 0.717) is 3.95 Å². The largest absolute Gasteiger partial charge is 0.493 e. The van der Waals surface area contributed by atoms with Crippen LogP contribution in [0.15, 0.2) is 58.0 Å². The lowest BCUT2D eigenvalue weighted by Gasteiger charge is -2.05. The van der Waals surface area contributed by atoms with Gasteiger partial charge in [-0.15, -0.1) is 11.3 Å². The van der Waals surface area contributed by atoms with E-state index in [0.717, 1.165) is 37.6 Å². The first kappa shape index (κ1) is 16.4. The van der Waals surface area contributed by atoms with E-state index in [4.69, 9.17) is 12.2 Å². The number of aromatic hydroxyl groups is 1. The second kappa shape index (κ2) is 6.37. The highest BCUT2D eigenvalue weighted by molar-refractivity contribution is 9.10. The van der Waals surface area contributed by atoms with Gasteiger partial charge >= 0.3 is 0 Å². The summed E-state index contributed by atoms with van der Waals surface area (Å²) in [7, 11) is 0. The molecule has 0 unspecified atom stereocenters. The molecule has 25 heavy (non-hydrogen) atoms. The molecule has 0 atom stereocenters. The summed E-state index contributed by atoms with van der Waals surface area (Å²) >= 11 is 10.3. The maximum absolute atomic E-state index is 10.8. The zero-order chi connectivity index (χ0) is 17.6. The summed E-state index contributed by atoms with van der Waals surface area (Å²) in [5.41, 5.74) is 4.82. The monoisotopic (exact) mass is 428 g/mol. The van der Waals surface area contributed by atoms with Crippen molar-refractivity contribution in [1.82, 2.24) is 4.57 Å². The molecule has 4 rings (SSSR count). The Morgan fingerprint density at radius 1 is 1.20 bits per heavy atom. The van der Waals surface area contributed by atoms with Crippen molar-refractivity contribution in [2.24, 2.45) is 4.99 Å². The van der Waals surface area contributed by atoms with Gasteiger partial charge in [0.2, 0.25) is 5.88 Å². The van der Waals surface area contributed by atoms with E-state index in [1.165, 1.54) is 11.3 Å². The Morgan fingerprint density at radius 2 is 2.00 bits per heavy atom. The summed E-state index contributed by atoms with van der Waals surface area (Å²) in [5, 5.41) is 10.8. The summed E-state index contributed by atoms with van der Waals surface area (Å²) in [6.07, 6.45) is 1.97. The zero-order valence-corrected chi connectivity index (χ0v) is 16.5. The van der Waals surface area contributed by atoms with Crippen LogP contribution in [-0.2, 0) is 0 Å². The number of rotatable bonds is 2. The van der Waals surface area contributed by atoms with E-state index in [1.54, 1.807) is 4.57 Å². The Labute approximate surface area is 162 Å². The molecule has 1 N–H and O–H groups in total. The maximum Gasteiger partial charge on any atom is 0.215 e. The lowest BCUT2D eigenvalue weighted by Crippen LogP contribution is -1.93. The number of halogens is 1. The van der Waals surface area contributed by atoms with Crippen molar-refractivity contribution in [1.29, 1.82) is 0 Å².